The van der Waals surface area contributed by atoms with Gasteiger partial charge in [-0.25, -0.2) is 4.98 Å². The van der Waals surface area contributed by atoms with E-state index < -0.39 is 0 Å². The average molecular weight is 261 g/mol. The Labute approximate surface area is 117 Å². The molecule has 0 aromatic carbocycles. The second-order valence-electron chi connectivity index (χ2n) is 5.84. The van der Waals surface area contributed by atoms with Crippen molar-refractivity contribution in [2.45, 2.75) is 46.1 Å². The SMILES string of the molecule is CCC1(CC)CCN(c2ccc(C(C)NC)cn2)C1. The zero-order chi connectivity index (χ0) is 13.9. The van der Waals surface area contributed by atoms with Crippen LogP contribution in [0.4, 0.5) is 5.82 Å². The molecule has 1 aromatic rings. The summed E-state index contributed by atoms with van der Waals surface area (Å²) < 4.78 is 0. The third kappa shape index (κ3) is 2.92. The Morgan fingerprint density at radius 2 is 2.11 bits per heavy atom. The van der Waals surface area contributed by atoms with Crippen LogP contribution < -0.4 is 10.2 Å². The molecule has 1 atom stereocenters. The summed E-state index contributed by atoms with van der Waals surface area (Å²) in [5.41, 5.74) is 1.77. The van der Waals surface area contributed by atoms with E-state index in [1.165, 1.54) is 24.8 Å². The number of pyridine rings is 1. The lowest BCUT2D eigenvalue weighted by molar-refractivity contribution is 0.301. The molecule has 1 unspecified atom stereocenters. The van der Waals surface area contributed by atoms with E-state index >= 15 is 0 Å². The van der Waals surface area contributed by atoms with Crippen LogP contribution in [0.2, 0.25) is 0 Å². The summed E-state index contributed by atoms with van der Waals surface area (Å²) in [7, 11) is 1.98. The maximum absolute atomic E-state index is 4.65. The Morgan fingerprint density at radius 1 is 1.37 bits per heavy atom. The maximum atomic E-state index is 4.65. The Bertz CT molecular complexity index is 395. The number of rotatable bonds is 5. The summed E-state index contributed by atoms with van der Waals surface area (Å²) in [6.45, 7) is 9.10. The van der Waals surface area contributed by atoms with Crippen molar-refractivity contribution in [3.8, 4) is 0 Å². The first-order valence-electron chi connectivity index (χ1n) is 7.52. The van der Waals surface area contributed by atoms with Crippen molar-refractivity contribution in [3.63, 3.8) is 0 Å². The second-order valence-corrected chi connectivity index (χ2v) is 5.84. The molecule has 3 nitrogen and oxygen atoms in total. The predicted octanol–water partition coefficient (Wildman–Crippen LogP) is 3.38. The van der Waals surface area contributed by atoms with Gasteiger partial charge in [-0.05, 0) is 50.3 Å². The summed E-state index contributed by atoms with van der Waals surface area (Å²) in [5.74, 6) is 1.14. The highest BCUT2D eigenvalue weighted by molar-refractivity contribution is 5.41. The van der Waals surface area contributed by atoms with E-state index in [-0.39, 0.29) is 0 Å². The van der Waals surface area contributed by atoms with Crippen LogP contribution in [0.1, 0.15) is 51.6 Å². The molecule has 0 bridgehead atoms. The highest BCUT2D eigenvalue weighted by atomic mass is 15.2. The van der Waals surface area contributed by atoms with Crippen LogP contribution in [0.25, 0.3) is 0 Å². The molecule has 1 aliphatic rings. The second kappa shape index (κ2) is 5.91. The number of hydrogen-bond acceptors (Lipinski definition) is 3. The van der Waals surface area contributed by atoms with Crippen molar-refractivity contribution in [2.75, 3.05) is 25.0 Å². The van der Waals surface area contributed by atoms with E-state index in [2.05, 4.69) is 48.1 Å². The van der Waals surface area contributed by atoms with Gasteiger partial charge in [-0.15, -0.1) is 0 Å². The summed E-state index contributed by atoms with van der Waals surface area (Å²) in [6.07, 6.45) is 5.86. The van der Waals surface area contributed by atoms with Gasteiger partial charge >= 0.3 is 0 Å². The van der Waals surface area contributed by atoms with Crippen LogP contribution >= 0.6 is 0 Å². The van der Waals surface area contributed by atoms with Gasteiger partial charge in [-0.3, -0.25) is 0 Å². The van der Waals surface area contributed by atoms with Gasteiger partial charge in [0.15, 0.2) is 0 Å². The minimum absolute atomic E-state index is 0.366. The minimum atomic E-state index is 0.366. The number of nitrogens with one attached hydrogen (secondary N) is 1. The Balaban J connectivity index is 2.08. The molecule has 0 aliphatic carbocycles. The Kier molecular flexibility index (Phi) is 4.46. The van der Waals surface area contributed by atoms with Gasteiger partial charge in [-0.2, -0.15) is 0 Å². The van der Waals surface area contributed by atoms with Crippen molar-refractivity contribution >= 4 is 5.82 Å². The molecule has 0 spiro atoms. The average Bonchev–Trinajstić information content (AvgIpc) is 2.92. The van der Waals surface area contributed by atoms with E-state index in [0.29, 0.717) is 11.5 Å². The quantitative estimate of drug-likeness (QED) is 0.880. The topological polar surface area (TPSA) is 28.2 Å². The molecule has 2 heterocycles. The summed E-state index contributed by atoms with van der Waals surface area (Å²) in [5, 5.41) is 3.25. The third-order valence-electron chi connectivity index (χ3n) is 4.97. The standard InChI is InChI=1S/C16H27N3/c1-5-16(6-2)9-10-19(12-16)15-8-7-14(11-18-15)13(3)17-4/h7-8,11,13,17H,5-6,9-10,12H2,1-4H3. The fourth-order valence-corrected chi connectivity index (χ4v) is 2.97. The van der Waals surface area contributed by atoms with Gasteiger partial charge in [0.25, 0.3) is 0 Å². The third-order valence-corrected chi connectivity index (χ3v) is 4.97. The number of anilines is 1. The number of hydrogen-bond donors (Lipinski definition) is 1. The number of aromatic nitrogens is 1. The molecule has 0 amide bonds. The molecule has 0 saturated carbocycles. The van der Waals surface area contributed by atoms with Gasteiger partial charge in [0, 0.05) is 25.3 Å². The fraction of sp³-hybridized carbons (Fsp3) is 0.688. The first-order chi connectivity index (χ1) is 9.14. The molecular weight excluding hydrogens is 234 g/mol. The fourth-order valence-electron chi connectivity index (χ4n) is 2.97. The van der Waals surface area contributed by atoms with Gasteiger partial charge < -0.3 is 10.2 Å². The molecule has 1 aliphatic heterocycles. The Hall–Kier alpha value is -1.09. The molecule has 3 heteroatoms. The Morgan fingerprint density at radius 3 is 2.58 bits per heavy atom. The van der Waals surface area contributed by atoms with Gasteiger partial charge in [0.1, 0.15) is 5.82 Å². The molecular formula is C16H27N3. The van der Waals surface area contributed by atoms with Crippen LogP contribution in [-0.4, -0.2) is 25.1 Å². The summed E-state index contributed by atoms with van der Waals surface area (Å²) in [4.78, 5) is 7.10. The molecule has 0 radical (unpaired) electrons. The molecule has 1 saturated heterocycles. The monoisotopic (exact) mass is 261 g/mol. The van der Waals surface area contributed by atoms with Crippen molar-refractivity contribution in [1.82, 2.24) is 10.3 Å². The molecule has 19 heavy (non-hydrogen) atoms. The predicted molar refractivity (Wildman–Crippen MR) is 81.6 cm³/mol. The van der Waals surface area contributed by atoms with Crippen LogP contribution in [0.5, 0.6) is 0 Å². The number of nitrogens with zero attached hydrogens (tertiary/aromatic N) is 2. The van der Waals surface area contributed by atoms with Crippen molar-refractivity contribution < 1.29 is 0 Å². The lowest BCUT2D eigenvalue weighted by Gasteiger charge is -2.26. The zero-order valence-corrected chi connectivity index (χ0v) is 12.7. The highest BCUT2D eigenvalue weighted by Gasteiger charge is 2.35. The van der Waals surface area contributed by atoms with Gasteiger partial charge in [-0.1, -0.05) is 19.9 Å². The normalized spacial score (nSPS) is 19.7. The molecule has 1 aromatic heterocycles. The lowest BCUT2D eigenvalue weighted by Crippen LogP contribution is -2.26. The first-order valence-corrected chi connectivity index (χ1v) is 7.52. The molecule has 1 fully saturated rings. The van der Waals surface area contributed by atoms with Crippen LogP contribution in [-0.2, 0) is 0 Å². The van der Waals surface area contributed by atoms with E-state index in [1.807, 2.05) is 13.2 Å². The van der Waals surface area contributed by atoms with E-state index in [9.17, 15) is 0 Å². The summed E-state index contributed by atoms with van der Waals surface area (Å²) >= 11 is 0. The smallest absolute Gasteiger partial charge is 0.128 e. The largest absolute Gasteiger partial charge is 0.356 e. The van der Waals surface area contributed by atoms with Gasteiger partial charge in [0.2, 0.25) is 0 Å². The molecule has 106 valence electrons. The molecule has 1 N–H and O–H groups in total. The van der Waals surface area contributed by atoms with Crippen LogP contribution in [0.3, 0.4) is 0 Å². The van der Waals surface area contributed by atoms with Crippen molar-refractivity contribution in [3.05, 3.63) is 23.9 Å². The zero-order valence-electron chi connectivity index (χ0n) is 12.7. The van der Waals surface area contributed by atoms with E-state index in [0.717, 1.165) is 18.9 Å². The minimum Gasteiger partial charge on any atom is -0.356 e. The van der Waals surface area contributed by atoms with E-state index in [1.54, 1.807) is 0 Å². The van der Waals surface area contributed by atoms with Crippen LogP contribution in [0, 0.1) is 5.41 Å². The van der Waals surface area contributed by atoms with Crippen molar-refractivity contribution in [1.29, 1.82) is 0 Å². The van der Waals surface area contributed by atoms with Gasteiger partial charge in [0.05, 0.1) is 0 Å². The highest BCUT2D eigenvalue weighted by Crippen LogP contribution is 2.38. The van der Waals surface area contributed by atoms with E-state index in [4.69, 9.17) is 0 Å². The van der Waals surface area contributed by atoms with Crippen LogP contribution in [0.15, 0.2) is 18.3 Å². The lowest BCUT2D eigenvalue weighted by atomic mass is 9.82. The molecule has 2 rings (SSSR count). The maximum Gasteiger partial charge on any atom is 0.128 e. The first kappa shape index (κ1) is 14.3. The van der Waals surface area contributed by atoms with Crippen molar-refractivity contribution in [2.24, 2.45) is 5.41 Å². The summed E-state index contributed by atoms with van der Waals surface area (Å²) in [6, 6.07) is 4.73.